The van der Waals surface area contributed by atoms with E-state index in [-0.39, 0.29) is 0 Å². The summed E-state index contributed by atoms with van der Waals surface area (Å²) in [5, 5.41) is 8.19. The Kier molecular flexibility index (Phi) is 4.68. The van der Waals surface area contributed by atoms with Crippen molar-refractivity contribution in [1.29, 1.82) is 0 Å². The van der Waals surface area contributed by atoms with Gasteiger partial charge in [-0.05, 0) is 30.5 Å². The summed E-state index contributed by atoms with van der Waals surface area (Å²) in [6.07, 6.45) is 5.12. The van der Waals surface area contributed by atoms with Crippen molar-refractivity contribution < 1.29 is 8.95 Å². The van der Waals surface area contributed by atoms with Crippen molar-refractivity contribution >= 4 is 10.8 Å². The maximum Gasteiger partial charge on any atom is 0.221 e. The molecule has 0 amide bonds. The van der Waals surface area contributed by atoms with E-state index < -0.39 is 10.8 Å². The maximum atomic E-state index is 11.4. The summed E-state index contributed by atoms with van der Waals surface area (Å²) >= 11 is 0. The van der Waals surface area contributed by atoms with Gasteiger partial charge >= 0.3 is 0 Å². The summed E-state index contributed by atoms with van der Waals surface area (Å²) in [4.78, 5) is 0. The molecule has 1 aromatic heterocycles. The summed E-state index contributed by atoms with van der Waals surface area (Å²) < 4.78 is 18.5. The van der Waals surface area contributed by atoms with E-state index in [0.29, 0.717) is 5.16 Å². The fourth-order valence-corrected chi connectivity index (χ4v) is 2.53. The Bertz CT molecular complexity index is 569. The molecule has 1 heterocycles. The van der Waals surface area contributed by atoms with Crippen molar-refractivity contribution in [1.82, 2.24) is 14.8 Å². The number of aromatic nitrogens is 3. The lowest BCUT2D eigenvalue weighted by Crippen LogP contribution is -2.05. The molecule has 2 rings (SSSR count). The molecular weight excluding hydrogens is 262 g/mol. The van der Waals surface area contributed by atoms with Gasteiger partial charge in [-0.1, -0.05) is 12.1 Å². The lowest BCUT2D eigenvalue weighted by Gasteiger charge is -2.06. The van der Waals surface area contributed by atoms with Crippen molar-refractivity contribution in [3.05, 3.63) is 36.2 Å². The third-order valence-electron chi connectivity index (χ3n) is 2.84. The molecule has 0 radical (unpaired) electrons. The summed E-state index contributed by atoms with van der Waals surface area (Å²) in [5.74, 6) is 0.872. The largest absolute Gasteiger partial charge is 0.497 e. The van der Waals surface area contributed by atoms with E-state index in [1.54, 1.807) is 19.7 Å². The van der Waals surface area contributed by atoms with Crippen molar-refractivity contribution in [2.24, 2.45) is 0 Å². The van der Waals surface area contributed by atoms with Crippen LogP contribution in [0.25, 0.3) is 0 Å². The zero-order valence-electron chi connectivity index (χ0n) is 11.1. The summed E-state index contributed by atoms with van der Waals surface area (Å²) in [5.41, 5.74) is 1.23. The number of nitrogens with zero attached hydrogens (tertiary/aromatic N) is 3. The van der Waals surface area contributed by atoms with Gasteiger partial charge in [0.2, 0.25) is 5.16 Å². The molecule has 0 fully saturated rings. The number of benzene rings is 1. The monoisotopic (exact) mass is 279 g/mol. The predicted molar refractivity (Wildman–Crippen MR) is 73.7 cm³/mol. The molecule has 1 atom stereocenters. The van der Waals surface area contributed by atoms with E-state index in [0.717, 1.165) is 25.1 Å². The fourth-order valence-electron chi connectivity index (χ4n) is 1.90. The maximum absolute atomic E-state index is 11.4. The second-order valence-electron chi connectivity index (χ2n) is 4.22. The highest BCUT2D eigenvalue weighted by atomic mass is 32.2. The van der Waals surface area contributed by atoms with Crippen LogP contribution in [-0.4, -0.2) is 32.3 Å². The van der Waals surface area contributed by atoms with Gasteiger partial charge in [0, 0.05) is 12.8 Å². The number of hydrogen-bond acceptors (Lipinski definition) is 4. The van der Waals surface area contributed by atoms with Crippen molar-refractivity contribution in [2.45, 2.75) is 24.5 Å². The van der Waals surface area contributed by atoms with Gasteiger partial charge < -0.3 is 9.30 Å². The van der Waals surface area contributed by atoms with E-state index in [1.165, 1.54) is 5.56 Å². The number of methoxy groups -OCH3 is 1. The Labute approximate surface area is 115 Å². The summed E-state index contributed by atoms with van der Waals surface area (Å²) in [7, 11) is 0.573. The molecule has 0 aliphatic carbocycles. The van der Waals surface area contributed by atoms with E-state index in [2.05, 4.69) is 16.3 Å². The molecule has 0 aliphatic heterocycles. The van der Waals surface area contributed by atoms with Crippen LogP contribution >= 0.6 is 0 Å². The molecule has 1 aromatic carbocycles. The second kappa shape index (κ2) is 6.47. The Morgan fingerprint density at radius 3 is 3.00 bits per heavy atom. The first-order chi connectivity index (χ1) is 9.20. The highest BCUT2D eigenvalue weighted by Gasteiger charge is 2.07. The highest BCUT2D eigenvalue weighted by Crippen LogP contribution is 2.14. The van der Waals surface area contributed by atoms with Crippen LogP contribution in [0.15, 0.2) is 35.7 Å². The molecule has 6 heteroatoms. The first-order valence-corrected chi connectivity index (χ1v) is 7.60. The minimum atomic E-state index is -1.09. The van der Waals surface area contributed by atoms with Gasteiger partial charge in [-0.2, -0.15) is 0 Å². The molecule has 0 saturated heterocycles. The van der Waals surface area contributed by atoms with Gasteiger partial charge in [-0.3, -0.25) is 4.21 Å². The fraction of sp³-hybridized carbons (Fsp3) is 0.385. The molecule has 0 N–H and O–H groups in total. The molecule has 5 nitrogen and oxygen atoms in total. The average Bonchev–Trinajstić information content (AvgIpc) is 2.87. The van der Waals surface area contributed by atoms with Crippen LogP contribution in [0.4, 0.5) is 0 Å². The zero-order valence-corrected chi connectivity index (χ0v) is 11.9. The van der Waals surface area contributed by atoms with Crippen LogP contribution in [0.3, 0.4) is 0 Å². The molecule has 0 unspecified atom stereocenters. The molecule has 0 bridgehead atoms. The first-order valence-electron chi connectivity index (χ1n) is 6.05. The topological polar surface area (TPSA) is 57.0 Å². The molecule has 0 aliphatic rings. The van der Waals surface area contributed by atoms with E-state index >= 15 is 0 Å². The Morgan fingerprint density at radius 1 is 1.42 bits per heavy atom. The summed E-state index contributed by atoms with van der Waals surface area (Å²) in [6.45, 7) is 0.763. The third-order valence-corrected chi connectivity index (χ3v) is 3.67. The molecule has 102 valence electrons. The van der Waals surface area contributed by atoms with Crippen LogP contribution in [-0.2, 0) is 23.8 Å². The Morgan fingerprint density at radius 2 is 2.26 bits per heavy atom. The van der Waals surface area contributed by atoms with Crippen LogP contribution in [0.2, 0.25) is 0 Å². The van der Waals surface area contributed by atoms with E-state index in [9.17, 15) is 4.21 Å². The minimum Gasteiger partial charge on any atom is -0.497 e. The van der Waals surface area contributed by atoms with Crippen molar-refractivity contribution in [2.75, 3.05) is 13.4 Å². The molecule has 0 saturated carbocycles. The number of hydrogen-bond donors (Lipinski definition) is 0. The quantitative estimate of drug-likeness (QED) is 0.807. The van der Waals surface area contributed by atoms with Gasteiger partial charge in [0.05, 0.1) is 17.9 Å². The predicted octanol–water partition coefficient (Wildman–Crippen LogP) is 1.66. The standard InChI is InChI=1S/C13H17N3O2S/c1-18-12-7-3-5-11(9-12)6-4-8-16-10-14-15-13(16)19(2)17/h3,5,7,9-10H,4,6,8H2,1-2H3/t19-/m0/s1. The van der Waals surface area contributed by atoms with Crippen LogP contribution in [0.1, 0.15) is 12.0 Å². The van der Waals surface area contributed by atoms with E-state index in [4.69, 9.17) is 4.74 Å². The van der Waals surface area contributed by atoms with Gasteiger partial charge in [0.15, 0.2) is 0 Å². The zero-order chi connectivity index (χ0) is 13.7. The number of rotatable bonds is 6. The first kappa shape index (κ1) is 13.7. The van der Waals surface area contributed by atoms with Gasteiger partial charge in [-0.25, -0.2) is 0 Å². The van der Waals surface area contributed by atoms with Crippen LogP contribution < -0.4 is 4.74 Å². The highest BCUT2D eigenvalue weighted by molar-refractivity contribution is 7.84. The Hall–Kier alpha value is -1.69. The normalized spacial score (nSPS) is 12.3. The van der Waals surface area contributed by atoms with Crippen molar-refractivity contribution in [3.63, 3.8) is 0 Å². The smallest absolute Gasteiger partial charge is 0.221 e. The molecule has 19 heavy (non-hydrogen) atoms. The van der Waals surface area contributed by atoms with Gasteiger partial charge in [0.25, 0.3) is 0 Å². The average molecular weight is 279 g/mol. The molecule has 0 spiro atoms. The van der Waals surface area contributed by atoms with E-state index in [1.807, 2.05) is 22.8 Å². The lowest BCUT2D eigenvalue weighted by molar-refractivity contribution is 0.414. The van der Waals surface area contributed by atoms with Crippen LogP contribution in [0.5, 0.6) is 5.75 Å². The van der Waals surface area contributed by atoms with Gasteiger partial charge in [0.1, 0.15) is 12.1 Å². The van der Waals surface area contributed by atoms with Crippen LogP contribution in [0, 0.1) is 0 Å². The second-order valence-corrected chi connectivity index (χ2v) is 5.49. The van der Waals surface area contributed by atoms with Crippen molar-refractivity contribution in [3.8, 4) is 5.75 Å². The minimum absolute atomic E-state index is 0.533. The lowest BCUT2D eigenvalue weighted by atomic mass is 10.1. The Balaban J connectivity index is 1.92. The SMILES string of the molecule is COc1cccc(CCCn2cnnc2[S@](C)=O)c1. The number of ether oxygens (including phenoxy) is 1. The molecular formula is C13H17N3O2S. The number of aryl methyl sites for hydroxylation is 2. The molecule has 2 aromatic rings. The summed E-state index contributed by atoms with van der Waals surface area (Å²) in [6, 6.07) is 8.03. The third kappa shape index (κ3) is 3.64. The van der Waals surface area contributed by atoms with Gasteiger partial charge in [-0.15, -0.1) is 10.2 Å².